The van der Waals surface area contributed by atoms with Crippen LogP contribution in [0.5, 0.6) is 0 Å². The highest BCUT2D eigenvalue weighted by Crippen LogP contribution is 2.19. The van der Waals surface area contributed by atoms with Gasteiger partial charge in [0.1, 0.15) is 6.04 Å². The van der Waals surface area contributed by atoms with Gasteiger partial charge in [-0.2, -0.15) is 4.31 Å². The van der Waals surface area contributed by atoms with Gasteiger partial charge in [0.15, 0.2) is 0 Å². The first-order valence-electron chi connectivity index (χ1n) is 11.1. The van der Waals surface area contributed by atoms with Crippen LogP contribution in [0.15, 0.2) is 29.2 Å². The van der Waals surface area contributed by atoms with Gasteiger partial charge in [-0.1, -0.05) is 32.8 Å². The summed E-state index contributed by atoms with van der Waals surface area (Å²) < 4.78 is 32.4. The Morgan fingerprint density at radius 1 is 1.00 bits per heavy atom. The topological polar surface area (TPSA) is 96.0 Å². The lowest BCUT2D eigenvalue weighted by Gasteiger charge is -2.29. The van der Waals surface area contributed by atoms with Crippen LogP contribution in [0.1, 0.15) is 49.9 Å². The predicted octanol–water partition coefficient (Wildman–Crippen LogP) is 1.86. The van der Waals surface area contributed by atoms with E-state index in [0.29, 0.717) is 39.4 Å². The van der Waals surface area contributed by atoms with Gasteiger partial charge in [-0.3, -0.25) is 9.59 Å². The minimum Gasteiger partial charge on any atom is -0.379 e. The molecule has 2 aliphatic rings. The Kier molecular flexibility index (Phi) is 8.07. The van der Waals surface area contributed by atoms with Gasteiger partial charge in [0, 0.05) is 31.7 Å². The first-order valence-corrected chi connectivity index (χ1v) is 12.5. The molecule has 0 aliphatic carbocycles. The second kappa shape index (κ2) is 10.6. The largest absolute Gasteiger partial charge is 0.379 e. The van der Waals surface area contributed by atoms with E-state index < -0.39 is 22.0 Å². The van der Waals surface area contributed by atoms with Crippen LogP contribution in [0.25, 0.3) is 0 Å². The van der Waals surface area contributed by atoms with Crippen molar-refractivity contribution in [2.75, 3.05) is 39.4 Å². The van der Waals surface area contributed by atoms with Gasteiger partial charge >= 0.3 is 0 Å². The van der Waals surface area contributed by atoms with E-state index >= 15 is 0 Å². The number of carbonyl (C=O) groups excluding carboxylic acids is 2. The zero-order valence-electron chi connectivity index (χ0n) is 18.4. The van der Waals surface area contributed by atoms with Crippen molar-refractivity contribution in [2.24, 2.45) is 5.92 Å². The molecule has 1 aromatic carbocycles. The second-order valence-electron chi connectivity index (χ2n) is 8.48. The van der Waals surface area contributed by atoms with Crippen molar-refractivity contribution >= 4 is 21.8 Å². The standard InChI is InChI=1S/C22H33N3O5S/c1-17(2)20(22(27)24-10-5-3-4-6-11-24)23-21(26)18-8-7-9-19(16-18)31(28,29)25-12-14-30-15-13-25/h7-9,16-17,20H,3-6,10-15H2,1-2H3,(H,23,26)/t20-/m0/s1. The van der Waals surface area contributed by atoms with E-state index in [1.54, 1.807) is 12.1 Å². The summed E-state index contributed by atoms with van der Waals surface area (Å²) in [5.41, 5.74) is 0.226. The molecule has 0 bridgehead atoms. The second-order valence-corrected chi connectivity index (χ2v) is 10.4. The third-order valence-corrected chi connectivity index (χ3v) is 7.74. The van der Waals surface area contributed by atoms with E-state index in [-0.39, 0.29) is 22.3 Å². The molecule has 31 heavy (non-hydrogen) atoms. The average Bonchev–Trinajstić information content (AvgIpc) is 3.07. The number of sulfonamides is 1. The Bertz CT molecular complexity index is 873. The molecule has 2 amide bonds. The fourth-order valence-corrected chi connectivity index (χ4v) is 5.41. The van der Waals surface area contributed by atoms with E-state index in [0.717, 1.165) is 25.7 Å². The maximum atomic E-state index is 13.1. The number of carbonyl (C=O) groups is 2. The average molecular weight is 452 g/mol. The fraction of sp³-hybridized carbons (Fsp3) is 0.636. The molecule has 2 heterocycles. The number of benzene rings is 1. The maximum Gasteiger partial charge on any atom is 0.251 e. The lowest BCUT2D eigenvalue weighted by atomic mass is 10.0. The number of ether oxygens (including phenoxy) is 1. The van der Waals surface area contributed by atoms with Crippen LogP contribution in [0, 0.1) is 5.92 Å². The molecule has 0 spiro atoms. The molecule has 8 nitrogen and oxygen atoms in total. The predicted molar refractivity (Wildman–Crippen MR) is 117 cm³/mol. The van der Waals surface area contributed by atoms with E-state index in [9.17, 15) is 18.0 Å². The van der Waals surface area contributed by atoms with Crippen LogP contribution in [-0.4, -0.2) is 74.9 Å². The van der Waals surface area contributed by atoms with Crippen molar-refractivity contribution in [1.29, 1.82) is 0 Å². The molecule has 9 heteroatoms. The molecule has 0 unspecified atom stereocenters. The Hall–Kier alpha value is -1.97. The lowest BCUT2D eigenvalue weighted by molar-refractivity contribution is -0.134. The van der Waals surface area contributed by atoms with Gasteiger partial charge in [-0.15, -0.1) is 0 Å². The van der Waals surface area contributed by atoms with Crippen LogP contribution < -0.4 is 5.32 Å². The monoisotopic (exact) mass is 451 g/mol. The number of likely N-dealkylation sites (tertiary alicyclic amines) is 1. The van der Waals surface area contributed by atoms with Crippen LogP contribution in [0.2, 0.25) is 0 Å². The van der Waals surface area contributed by atoms with Crippen molar-refractivity contribution in [3.8, 4) is 0 Å². The summed E-state index contributed by atoms with van der Waals surface area (Å²) in [6, 6.07) is 5.35. The van der Waals surface area contributed by atoms with Crippen molar-refractivity contribution in [3.05, 3.63) is 29.8 Å². The van der Waals surface area contributed by atoms with Crippen molar-refractivity contribution in [1.82, 2.24) is 14.5 Å². The van der Waals surface area contributed by atoms with Gasteiger partial charge in [-0.25, -0.2) is 8.42 Å². The van der Waals surface area contributed by atoms with Crippen molar-refractivity contribution < 1.29 is 22.7 Å². The molecule has 0 saturated carbocycles. The summed E-state index contributed by atoms with van der Waals surface area (Å²) in [5, 5.41) is 2.85. The van der Waals surface area contributed by atoms with Crippen molar-refractivity contribution in [3.63, 3.8) is 0 Å². The summed E-state index contributed by atoms with van der Waals surface area (Å²) in [7, 11) is -3.70. The highest BCUT2D eigenvalue weighted by Gasteiger charge is 2.30. The van der Waals surface area contributed by atoms with Gasteiger partial charge in [-0.05, 0) is 37.0 Å². The van der Waals surface area contributed by atoms with E-state index in [4.69, 9.17) is 4.74 Å². The number of amides is 2. The molecule has 172 valence electrons. The first-order chi connectivity index (χ1) is 14.8. The van der Waals surface area contributed by atoms with Crippen LogP contribution in [-0.2, 0) is 19.6 Å². The molecular formula is C22H33N3O5S. The molecule has 1 aromatic rings. The molecule has 3 rings (SSSR count). The maximum absolute atomic E-state index is 13.1. The number of nitrogens with one attached hydrogen (secondary N) is 1. The van der Waals surface area contributed by atoms with E-state index in [1.807, 2.05) is 18.7 Å². The molecule has 2 saturated heterocycles. The summed E-state index contributed by atoms with van der Waals surface area (Å²) in [6.07, 6.45) is 4.19. The Balaban J connectivity index is 1.75. The molecule has 0 radical (unpaired) electrons. The summed E-state index contributed by atoms with van der Waals surface area (Å²) in [5.74, 6) is -0.594. The van der Waals surface area contributed by atoms with Gasteiger partial charge in [0.25, 0.3) is 5.91 Å². The Labute approximate surface area is 185 Å². The number of hydrogen-bond acceptors (Lipinski definition) is 5. The number of hydrogen-bond donors (Lipinski definition) is 1. The van der Waals surface area contributed by atoms with Gasteiger partial charge < -0.3 is 15.0 Å². The smallest absolute Gasteiger partial charge is 0.251 e. The SMILES string of the molecule is CC(C)[C@H](NC(=O)c1cccc(S(=O)(=O)N2CCOCC2)c1)C(=O)N1CCCCCC1. The highest BCUT2D eigenvalue weighted by molar-refractivity contribution is 7.89. The van der Waals surface area contributed by atoms with E-state index in [2.05, 4.69) is 5.32 Å². The normalized spacial score (nSPS) is 19.6. The van der Waals surface area contributed by atoms with E-state index in [1.165, 1.54) is 16.4 Å². The molecule has 2 aliphatic heterocycles. The summed E-state index contributed by atoms with van der Waals surface area (Å²) in [6.45, 7) is 6.52. The molecular weight excluding hydrogens is 418 g/mol. The molecule has 2 fully saturated rings. The first kappa shape index (κ1) is 23.7. The zero-order valence-corrected chi connectivity index (χ0v) is 19.2. The quantitative estimate of drug-likeness (QED) is 0.712. The van der Waals surface area contributed by atoms with Crippen LogP contribution in [0.4, 0.5) is 0 Å². The van der Waals surface area contributed by atoms with Crippen LogP contribution in [0.3, 0.4) is 0 Å². The zero-order chi connectivity index (χ0) is 22.4. The minimum absolute atomic E-state index is 0.0673. The third-order valence-electron chi connectivity index (χ3n) is 5.84. The summed E-state index contributed by atoms with van der Waals surface area (Å²) in [4.78, 5) is 28.0. The number of morpholine rings is 1. The number of nitrogens with zero attached hydrogens (tertiary/aromatic N) is 2. The Morgan fingerprint density at radius 2 is 1.65 bits per heavy atom. The lowest BCUT2D eigenvalue weighted by Crippen LogP contribution is -2.51. The number of rotatable bonds is 6. The highest BCUT2D eigenvalue weighted by atomic mass is 32.2. The molecule has 0 aromatic heterocycles. The third kappa shape index (κ3) is 5.84. The summed E-state index contributed by atoms with van der Waals surface area (Å²) >= 11 is 0. The fourth-order valence-electron chi connectivity index (χ4n) is 3.96. The Morgan fingerprint density at radius 3 is 2.26 bits per heavy atom. The molecule has 1 atom stereocenters. The van der Waals surface area contributed by atoms with Gasteiger partial charge in [0.2, 0.25) is 15.9 Å². The molecule has 1 N–H and O–H groups in total. The van der Waals surface area contributed by atoms with Crippen molar-refractivity contribution in [2.45, 2.75) is 50.5 Å². The van der Waals surface area contributed by atoms with Gasteiger partial charge in [0.05, 0.1) is 18.1 Å². The van der Waals surface area contributed by atoms with Crippen LogP contribution >= 0.6 is 0 Å². The minimum atomic E-state index is -3.70.